The molecule has 118 valence electrons. The third-order valence-corrected chi connectivity index (χ3v) is 3.55. The second-order valence-corrected chi connectivity index (χ2v) is 5.06. The molecule has 9 unspecified atom stereocenters. The summed E-state index contributed by atoms with van der Waals surface area (Å²) in [6.45, 7) is 1.21. The number of ether oxygens (including phenoxy) is 3. The molecule has 9 heteroatoms. The van der Waals surface area contributed by atoms with E-state index < -0.39 is 55.3 Å². The van der Waals surface area contributed by atoms with Gasteiger partial charge in [-0.25, -0.2) is 0 Å². The Morgan fingerprint density at radius 1 is 0.900 bits per heavy atom. The van der Waals surface area contributed by atoms with Crippen LogP contribution in [0.2, 0.25) is 0 Å². The summed E-state index contributed by atoms with van der Waals surface area (Å²) < 4.78 is 15.2. The molecule has 0 aromatic rings. The molecule has 2 fully saturated rings. The van der Waals surface area contributed by atoms with E-state index >= 15 is 0 Å². The first kappa shape index (κ1) is 16.0. The van der Waals surface area contributed by atoms with Gasteiger partial charge < -0.3 is 44.8 Å². The Morgan fingerprint density at radius 2 is 1.55 bits per heavy atom. The van der Waals surface area contributed by atoms with Gasteiger partial charge in [0.1, 0.15) is 36.6 Å². The highest BCUT2D eigenvalue weighted by Gasteiger charge is 2.47. The molecule has 0 aromatic carbocycles. The van der Waals surface area contributed by atoms with E-state index in [9.17, 15) is 30.6 Å². The van der Waals surface area contributed by atoms with Crippen LogP contribution in [0, 0.1) is 0 Å². The highest BCUT2D eigenvalue weighted by Crippen LogP contribution is 2.26. The van der Waals surface area contributed by atoms with Crippen molar-refractivity contribution in [1.29, 1.82) is 0 Å². The van der Waals surface area contributed by atoms with Crippen molar-refractivity contribution in [2.45, 2.75) is 62.2 Å². The number of hydrogen-bond acceptors (Lipinski definition) is 9. The topological polar surface area (TPSA) is 149 Å². The Kier molecular flexibility index (Phi) is 4.95. The van der Waals surface area contributed by atoms with Crippen molar-refractivity contribution >= 4 is 0 Å². The Morgan fingerprint density at radius 3 is 2.20 bits per heavy atom. The van der Waals surface area contributed by atoms with Crippen LogP contribution in [0.15, 0.2) is 0 Å². The fourth-order valence-corrected chi connectivity index (χ4v) is 2.21. The summed E-state index contributed by atoms with van der Waals surface area (Å²) in [4.78, 5) is 0. The van der Waals surface area contributed by atoms with Gasteiger partial charge in [0.05, 0.1) is 12.7 Å². The zero-order valence-electron chi connectivity index (χ0n) is 10.8. The highest BCUT2D eigenvalue weighted by molar-refractivity contribution is 4.90. The van der Waals surface area contributed by atoms with E-state index in [0.29, 0.717) is 0 Å². The van der Waals surface area contributed by atoms with Crippen LogP contribution in [0.3, 0.4) is 0 Å². The van der Waals surface area contributed by atoms with Crippen molar-refractivity contribution in [1.82, 2.24) is 0 Å². The van der Waals surface area contributed by atoms with Gasteiger partial charge >= 0.3 is 0 Å². The molecule has 0 amide bonds. The second kappa shape index (κ2) is 6.18. The smallest absolute Gasteiger partial charge is 0.187 e. The van der Waals surface area contributed by atoms with E-state index in [4.69, 9.17) is 14.2 Å². The predicted molar refractivity (Wildman–Crippen MR) is 61.2 cm³/mol. The minimum Gasteiger partial charge on any atom is -0.388 e. The van der Waals surface area contributed by atoms with Gasteiger partial charge in [-0.1, -0.05) is 0 Å². The maximum absolute atomic E-state index is 9.77. The van der Waals surface area contributed by atoms with Gasteiger partial charge in [0.15, 0.2) is 12.6 Å². The van der Waals surface area contributed by atoms with Crippen LogP contribution in [0.4, 0.5) is 0 Å². The average Bonchev–Trinajstić information content (AvgIpc) is 2.42. The zero-order valence-corrected chi connectivity index (χ0v) is 10.8. The fraction of sp³-hybridized carbons (Fsp3) is 1.00. The summed E-state index contributed by atoms with van der Waals surface area (Å²) >= 11 is 0. The predicted octanol–water partition coefficient (Wildman–Crippen LogP) is -3.73. The Hall–Kier alpha value is -0.360. The summed E-state index contributed by atoms with van der Waals surface area (Å²) in [6, 6.07) is 0. The molecule has 9 nitrogen and oxygen atoms in total. The minimum atomic E-state index is -1.57. The normalized spacial score (nSPS) is 53.9. The quantitative estimate of drug-likeness (QED) is 0.302. The van der Waals surface area contributed by atoms with Crippen molar-refractivity contribution in [2.75, 3.05) is 6.61 Å². The first-order chi connectivity index (χ1) is 9.32. The van der Waals surface area contributed by atoms with Gasteiger partial charge in [-0.3, -0.25) is 0 Å². The fourth-order valence-electron chi connectivity index (χ4n) is 2.21. The summed E-state index contributed by atoms with van der Waals surface area (Å²) in [7, 11) is 0. The van der Waals surface area contributed by atoms with E-state index in [1.807, 2.05) is 0 Å². The number of aliphatic hydroxyl groups is 6. The van der Waals surface area contributed by atoms with Crippen LogP contribution >= 0.6 is 0 Å². The Labute approximate surface area is 114 Å². The van der Waals surface area contributed by atoms with E-state index in [2.05, 4.69) is 0 Å². The maximum atomic E-state index is 9.77. The molecule has 2 aliphatic rings. The van der Waals surface area contributed by atoms with Crippen LogP contribution in [0.25, 0.3) is 0 Å². The van der Waals surface area contributed by atoms with Gasteiger partial charge in [0.25, 0.3) is 0 Å². The number of aliphatic hydroxyl groups excluding tert-OH is 6. The molecule has 6 N–H and O–H groups in total. The van der Waals surface area contributed by atoms with Crippen LogP contribution in [0.1, 0.15) is 6.92 Å². The molecule has 2 saturated heterocycles. The molecule has 0 spiro atoms. The molecule has 9 atom stereocenters. The monoisotopic (exact) mass is 296 g/mol. The molecule has 2 aliphatic heterocycles. The lowest BCUT2D eigenvalue weighted by molar-refractivity contribution is -0.348. The second-order valence-electron chi connectivity index (χ2n) is 5.06. The molecule has 0 aliphatic carbocycles. The van der Waals surface area contributed by atoms with Crippen molar-refractivity contribution in [3.05, 3.63) is 0 Å². The largest absolute Gasteiger partial charge is 0.388 e. The standard InChI is InChI=1S/C11H20O9/c1-3-5(13)7(15)8(16)11(19-3)20-9-6(14)4(12)2-18-10(9)17/h3-17H,2H2,1H3. The lowest BCUT2D eigenvalue weighted by Crippen LogP contribution is -2.61. The zero-order chi connectivity index (χ0) is 15.0. The van der Waals surface area contributed by atoms with Crippen LogP contribution < -0.4 is 0 Å². The van der Waals surface area contributed by atoms with Crippen molar-refractivity contribution in [3.8, 4) is 0 Å². The molecule has 0 bridgehead atoms. The third-order valence-electron chi connectivity index (χ3n) is 3.55. The van der Waals surface area contributed by atoms with E-state index in [1.165, 1.54) is 6.92 Å². The van der Waals surface area contributed by atoms with Gasteiger partial charge in [0.2, 0.25) is 0 Å². The van der Waals surface area contributed by atoms with Gasteiger partial charge in [-0.05, 0) is 6.92 Å². The Balaban J connectivity index is 2.04. The Bertz CT molecular complexity index is 327. The first-order valence-electron chi connectivity index (χ1n) is 6.34. The summed E-state index contributed by atoms with van der Waals surface area (Å²) in [5.41, 5.74) is 0. The molecule has 2 heterocycles. The molecule has 0 saturated carbocycles. The van der Waals surface area contributed by atoms with Crippen molar-refractivity contribution < 1.29 is 44.8 Å². The van der Waals surface area contributed by atoms with Crippen molar-refractivity contribution in [3.63, 3.8) is 0 Å². The van der Waals surface area contributed by atoms with Gasteiger partial charge in [0, 0.05) is 0 Å². The lowest BCUT2D eigenvalue weighted by atomic mass is 9.99. The van der Waals surface area contributed by atoms with Gasteiger partial charge in [-0.2, -0.15) is 0 Å². The molecule has 20 heavy (non-hydrogen) atoms. The van der Waals surface area contributed by atoms with E-state index in [1.54, 1.807) is 0 Å². The minimum absolute atomic E-state index is 0.256. The molecule has 0 aromatic heterocycles. The van der Waals surface area contributed by atoms with Crippen molar-refractivity contribution in [2.24, 2.45) is 0 Å². The summed E-state index contributed by atoms with van der Waals surface area (Å²) in [5.74, 6) is 0. The molecule has 0 radical (unpaired) electrons. The van der Waals surface area contributed by atoms with Crippen LogP contribution in [-0.4, -0.2) is 92.6 Å². The number of hydrogen-bond donors (Lipinski definition) is 6. The van der Waals surface area contributed by atoms with Crippen LogP contribution in [-0.2, 0) is 14.2 Å². The number of rotatable bonds is 2. The molecule has 2 rings (SSSR count). The molecular weight excluding hydrogens is 276 g/mol. The third kappa shape index (κ3) is 2.96. The SMILES string of the molecule is CC1OC(OC2C(O)OCC(O)C2O)C(O)C(O)C1O. The van der Waals surface area contributed by atoms with E-state index in [-0.39, 0.29) is 6.61 Å². The highest BCUT2D eigenvalue weighted by atomic mass is 16.7. The average molecular weight is 296 g/mol. The van der Waals surface area contributed by atoms with E-state index in [0.717, 1.165) is 0 Å². The first-order valence-corrected chi connectivity index (χ1v) is 6.34. The van der Waals surface area contributed by atoms with Gasteiger partial charge in [-0.15, -0.1) is 0 Å². The molecular formula is C11H20O9. The summed E-state index contributed by atoms with van der Waals surface area (Å²) in [5, 5.41) is 57.7. The lowest BCUT2D eigenvalue weighted by Gasteiger charge is -2.43. The van der Waals surface area contributed by atoms with Crippen LogP contribution in [0.5, 0.6) is 0 Å². The maximum Gasteiger partial charge on any atom is 0.187 e. The summed E-state index contributed by atoms with van der Waals surface area (Å²) in [6.07, 6.45) is -12.1.